The van der Waals surface area contributed by atoms with Gasteiger partial charge in [0.2, 0.25) is 0 Å². The van der Waals surface area contributed by atoms with Gasteiger partial charge in [-0.1, -0.05) is 26.0 Å². The summed E-state index contributed by atoms with van der Waals surface area (Å²) in [6, 6.07) is 7.50. The summed E-state index contributed by atoms with van der Waals surface area (Å²) in [5.41, 5.74) is 12.2. The molecule has 17 heavy (non-hydrogen) atoms. The highest BCUT2D eigenvalue weighted by molar-refractivity contribution is 5.79. The maximum Gasteiger partial charge on any atom is 0.258 e. The second-order valence-corrected chi connectivity index (χ2v) is 4.00. The summed E-state index contributed by atoms with van der Waals surface area (Å²) in [5, 5.41) is 0. The van der Waals surface area contributed by atoms with Gasteiger partial charge >= 0.3 is 0 Å². The van der Waals surface area contributed by atoms with Crippen molar-refractivity contribution in [3.05, 3.63) is 29.8 Å². The average Bonchev–Trinajstić information content (AvgIpc) is 2.35. The van der Waals surface area contributed by atoms with E-state index in [-0.39, 0.29) is 6.04 Å². The van der Waals surface area contributed by atoms with Crippen molar-refractivity contribution >= 4 is 5.91 Å². The van der Waals surface area contributed by atoms with Crippen LogP contribution in [0.3, 0.4) is 0 Å². The summed E-state index contributed by atoms with van der Waals surface area (Å²) in [4.78, 5) is 11.0. The third kappa shape index (κ3) is 3.75. The Morgan fingerprint density at radius 3 is 2.24 bits per heavy atom. The fourth-order valence-corrected chi connectivity index (χ4v) is 1.54. The number of carbonyl (C=O) groups is 1. The lowest BCUT2D eigenvalue weighted by Gasteiger charge is -2.15. The van der Waals surface area contributed by atoms with Gasteiger partial charge in [-0.3, -0.25) is 4.79 Å². The van der Waals surface area contributed by atoms with Gasteiger partial charge < -0.3 is 16.2 Å². The number of hydrogen-bond donors (Lipinski definition) is 2. The largest absolute Gasteiger partial charge is 0.481 e. The zero-order valence-corrected chi connectivity index (χ0v) is 10.3. The number of benzene rings is 1. The van der Waals surface area contributed by atoms with Crippen LogP contribution in [-0.4, -0.2) is 12.0 Å². The molecule has 0 fully saturated rings. The molecule has 0 saturated carbocycles. The van der Waals surface area contributed by atoms with Crippen LogP contribution in [0.15, 0.2) is 24.3 Å². The first kappa shape index (κ1) is 13.5. The van der Waals surface area contributed by atoms with Crippen molar-refractivity contribution in [3.63, 3.8) is 0 Å². The van der Waals surface area contributed by atoms with Crippen molar-refractivity contribution in [1.82, 2.24) is 0 Å². The lowest BCUT2D eigenvalue weighted by molar-refractivity contribution is -0.124. The smallest absolute Gasteiger partial charge is 0.258 e. The summed E-state index contributed by atoms with van der Waals surface area (Å²) in [7, 11) is 0. The second kappa shape index (κ2) is 6.25. The van der Waals surface area contributed by atoms with Gasteiger partial charge in [-0.15, -0.1) is 0 Å². The van der Waals surface area contributed by atoms with Crippen LogP contribution in [0.2, 0.25) is 0 Å². The maximum absolute atomic E-state index is 11.0. The van der Waals surface area contributed by atoms with Gasteiger partial charge in [-0.2, -0.15) is 0 Å². The SMILES string of the molecule is CCC(Oc1ccc(C(N)CC)cc1)C(N)=O. The van der Waals surface area contributed by atoms with Crippen LogP contribution in [0, 0.1) is 0 Å². The summed E-state index contributed by atoms with van der Waals surface area (Å²) in [5.74, 6) is 0.199. The third-order valence-corrected chi connectivity index (χ3v) is 2.71. The molecule has 0 heterocycles. The summed E-state index contributed by atoms with van der Waals surface area (Å²) >= 11 is 0. The van der Waals surface area contributed by atoms with Crippen LogP contribution in [0.25, 0.3) is 0 Å². The van der Waals surface area contributed by atoms with Gasteiger partial charge in [0.05, 0.1) is 0 Å². The molecule has 1 rings (SSSR count). The summed E-state index contributed by atoms with van der Waals surface area (Å²) in [6.45, 7) is 3.89. The van der Waals surface area contributed by atoms with Crippen molar-refractivity contribution in [3.8, 4) is 5.75 Å². The van der Waals surface area contributed by atoms with E-state index in [0.29, 0.717) is 12.2 Å². The molecule has 0 aliphatic rings. The van der Waals surface area contributed by atoms with Crippen LogP contribution >= 0.6 is 0 Å². The number of ether oxygens (including phenoxy) is 1. The summed E-state index contributed by atoms with van der Waals surface area (Å²) < 4.78 is 5.48. The number of hydrogen-bond acceptors (Lipinski definition) is 3. The lowest BCUT2D eigenvalue weighted by Crippen LogP contribution is -2.32. The van der Waals surface area contributed by atoms with Crippen LogP contribution in [0.5, 0.6) is 5.75 Å². The Kier molecular flexibility index (Phi) is 4.97. The Labute approximate surface area is 102 Å². The Morgan fingerprint density at radius 1 is 1.24 bits per heavy atom. The predicted molar refractivity (Wildman–Crippen MR) is 67.6 cm³/mol. The van der Waals surface area contributed by atoms with Crippen molar-refractivity contribution in [1.29, 1.82) is 0 Å². The van der Waals surface area contributed by atoms with E-state index in [2.05, 4.69) is 0 Å². The molecule has 0 spiro atoms. The molecule has 4 nitrogen and oxygen atoms in total. The van der Waals surface area contributed by atoms with Crippen molar-refractivity contribution in [2.24, 2.45) is 11.5 Å². The molecule has 0 radical (unpaired) electrons. The molecule has 2 atom stereocenters. The average molecular weight is 236 g/mol. The molecule has 1 aromatic rings. The van der Waals surface area contributed by atoms with E-state index >= 15 is 0 Å². The third-order valence-electron chi connectivity index (χ3n) is 2.71. The second-order valence-electron chi connectivity index (χ2n) is 4.00. The molecule has 1 aromatic carbocycles. The maximum atomic E-state index is 11.0. The van der Waals surface area contributed by atoms with Gasteiger partial charge in [0, 0.05) is 6.04 Å². The van der Waals surface area contributed by atoms with E-state index in [4.69, 9.17) is 16.2 Å². The van der Waals surface area contributed by atoms with E-state index in [9.17, 15) is 4.79 Å². The first-order valence-electron chi connectivity index (χ1n) is 5.90. The first-order chi connectivity index (χ1) is 8.08. The Hall–Kier alpha value is -1.55. The number of nitrogens with two attached hydrogens (primary N) is 2. The quantitative estimate of drug-likeness (QED) is 0.789. The molecule has 2 unspecified atom stereocenters. The molecule has 0 bridgehead atoms. The summed E-state index contributed by atoms with van der Waals surface area (Å²) in [6.07, 6.45) is 0.880. The molecule has 4 N–H and O–H groups in total. The monoisotopic (exact) mass is 236 g/mol. The molecule has 0 aromatic heterocycles. The molecule has 4 heteroatoms. The minimum Gasteiger partial charge on any atom is -0.481 e. The molecular weight excluding hydrogens is 216 g/mol. The molecule has 0 aliphatic heterocycles. The number of primary amides is 1. The minimum atomic E-state index is -0.569. The molecule has 1 amide bonds. The predicted octanol–water partition coefficient (Wildman–Crippen LogP) is 1.74. The highest BCUT2D eigenvalue weighted by atomic mass is 16.5. The minimum absolute atomic E-state index is 0.0437. The van der Waals surface area contributed by atoms with Gasteiger partial charge in [0.15, 0.2) is 6.10 Å². The fraction of sp³-hybridized carbons (Fsp3) is 0.462. The van der Waals surface area contributed by atoms with Crippen LogP contribution in [0.1, 0.15) is 38.3 Å². The highest BCUT2D eigenvalue weighted by Crippen LogP contribution is 2.19. The van der Waals surface area contributed by atoms with Crippen molar-refractivity contribution in [2.45, 2.75) is 38.8 Å². The standard InChI is InChI=1S/C13H20N2O2/c1-3-11(14)9-5-7-10(8-6-9)17-12(4-2)13(15)16/h5-8,11-12H,3-4,14H2,1-2H3,(H2,15,16). The van der Waals surface area contributed by atoms with Crippen LogP contribution in [0.4, 0.5) is 0 Å². The number of carbonyl (C=O) groups excluding carboxylic acids is 1. The van der Waals surface area contributed by atoms with Crippen LogP contribution < -0.4 is 16.2 Å². The number of amides is 1. The Bertz CT molecular complexity index is 362. The molecule has 94 valence electrons. The number of rotatable bonds is 6. The van der Waals surface area contributed by atoms with E-state index in [1.165, 1.54) is 0 Å². The Balaban J connectivity index is 2.71. The van der Waals surface area contributed by atoms with E-state index in [1.807, 2.05) is 38.1 Å². The van der Waals surface area contributed by atoms with Crippen LogP contribution in [-0.2, 0) is 4.79 Å². The lowest BCUT2D eigenvalue weighted by atomic mass is 10.1. The van der Waals surface area contributed by atoms with E-state index in [1.54, 1.807) is 0 Å². The highest BCUT2D eigenvalue weighted by Gasteiger charge is 2.14. The molecular formula is C13H20N2O2. The van der Waals surface area contributed by atoms with E-state index < -0.39 is 12.0 Å². The fourth-order valence-electron chi connectivity index (χ4n) is 1.54. The van der Waals surface area contributed by atoms with Gasteiger partial charge in [-0.05, 0) is 30.5 Å². The Morgan fingerprint density at radius 2 is 1.82 bits per heavy atom. The van der Waals surface area contributed by atoms with E-state index in [0.717, 1.165) is 12.0 Å². The van der Waals surface area contributed by atoms with Gasteiger partial charge in [0.25, 0.3) is 5.91 Å². The molecule has 0 aliphatic carbocycles. The zero-order chi connectivity index (χ0) is 12.8. The zero-order valence-electron chi connectivity index (χ0n) is 10.3. The van der Waals surface area contributed by atoms with Crippen molar-refractivity contribution < 1.29 is 9.53 Å². The first-order valence-corrected chi connectivity index (χ1v) is 5.90. The van der Waals surface area contributed by atoms with Gasteiger partial charge in [-0.25, -0.2) is 0 Å². The van der Waals surface area contributed by atoms with Gasteiger partial charge in [0.1, 0.15) is 5.75 Å². The van der Waals surface area contributed by atoms with Crippen molar-refractivity contribution in [2.75, 3.05) is 0 Å². The topological polar surface area (TPSA) is 78.3 Å². The normalized spacial score (nSPS) is 14.1. The molecule has 0 saturated heterocycles.